The van der Waals surface area contributed by atoms with Gasteiger partial charge in [0.1, 0.15) is 17.9 Å². The molecule has 2 aromatic rings. The van der Waals surface area contributed by atoms with Gasteiger partial charge in [-0.15, -0.1) is 0 Å². The van der Waals surface area contributed by atoms with Crippen molar-refractivity contribution in [2.24, 2.45) is 4.99 Å². The topological polar surface area (TPSA) is 75.6 Å². The van der Waals surface area contributed by atoms with Gasteiger partial charge in [0.2, 0.25) is 0 Å². The minimum atomic E-state index is -4.62. The van der Waals surface area contributed by atoms with E-state index in [9.17, 15) is 17.7 Å². The maximum absolute atomic E-state index is 14.0. The molecule has 1 aliphatic rings. The number of rotatable bonds is 13. The molecule has 0 fully saturated rings. The summed E-state index contributed by atoms with van der Waals surface area (Å²) in [5, 5.41) is 0.857. The Bertz CT molecular complexity index is 1350. The zero-order valence-electron chi connectivity index (χ0n) is 26.1. The Labute approximate surface area is 268 Å². The number of hydrogen-bond donors (Lipinski definition) is 0. The van der Waals surface area contributed by atoms with E-state index in [1.807, 2.05) is 6.07 Å². The minimum Gasteiger partial charge on any atom is -0.493 e. The molecular formula is C31H41Cl2F3NO6P. The lowest BCUT2D eigenvalue weighted by Gasteiger charge is -2.33. The minimum absolute atomic E-state index is 0.0851. The van der Waals surface area contributed by atoms with Gasteiger partial charge in [-0.2, -0.15) is 13.2 Å². The van der Waals surface area contributed by atoms with E-state index >= 15 is 0 Å². The molecule has 0 bridgehead atoms. The Morgan fingerprint density at radius 2 is 1.55 bits per heavy atom. The van der Waals surface area contributed by atoms with Crippen molar-refractivity contribution in [3.05, 3.63) is 63.1 Å². The molecule has 0 saturated heterocycles. The van der Waals surface area contributed by atoms with Gasteiger partial charge in [0, 0.05) is 6.92 Å². The van der Waals surface area contributed by atoms with Crippen LogP contribution in [0.15, 0.2) is 41.4 Å². The normalized spacial score (nSPS) is 17.9. The molecule has 44 heavy (non-hydrogen) atoms. The van der Waals surface area contributed by atoms with E-state index in [-0.39, 0.29) is 38.4 Å². The third-order valence-corrected chi connectivity index (χ3v) is 9.01. The molecule has 1 unspecified atom stereocenters. The van der Waals surface area contributed by atoms with E-state index in [2.05, 4.69) is 4.99 Å². The first-order valence-electron chi connectivity index (χ1n) is 14.3. The van der Waals surface area contributed by atoms with Crippen LogP contribution in [0.1, 0.15) is 78.0 Å². The van der Waals surface area contributed by atoms with Gasteiger partial charge < -0.3 is 9.47 Å². The van der Waals surface area contributed by atoms with E-state index in [0.717, 1.165) is 11.6 Å². The summed E-state index contributed by atoms with van der Waals surface area (Å²) in [6.07, 6.45) is -3.09. The summed E-state index contributed by atoms with van der Waals surface area (Å²) in [5.41, 5.74) is -2.19. The van der Waals surface area contributed by atoms with E-state index in [0.29, 0.717) is 34.3 Å². The molecule has 2 aromatic carbocycles. The third-order valence-electron chi connectivity index (χ3n) is 6.29. The number of benzene rings is 2. The molecule has 0 radical (unpaired) electrons. The number of aryl methyl sites for hydroxylation is 2. The molecule has 0 saturated carbocycles. The number of aliphatic imine (C=N–C) groups is 1. The van der Waals surface area contributed by atoms with Crippen LogP contribution in [-0.2, 0) is 41.9 Å². The van der Waals surface area contributed by atoms with Gasteiger partial charge in [0.05, 0.1) is 40.0 Å². The molecule has 0 N–H and O–H groups in total. The third kappa shape index (κ3) is 11.5. The summed E-state index contributed by atoms with van der Waals surface area (Å²) in [6.45, 7) is 12.1. The Morgan fingerprint density at radius 1 is 0.932 bits per heavy atom. The van der Waals surface area contributed by atoms with Gasteiger partial charge in [0.25, 0.3) is 0 Å². The average molecular weight is 683 g/mol. The van der Waals surface area contributed by atoms with Crippen LogP contribution in [0.3, 0.4) is 0 Å². The largest absolute Gasteiger partial charge is 0.493 e. The van der Waals surface area contributed by atoms with Gasteiger partial charge in [-0.05, 0) is 103 Å². The lowest BCUT2D eigenvalue weighted by molar-refractivity contribution is -0.139. The molecule has 0 spiro atoms. The maximum atomic E-state index is 14.0. The molecule has 0 amide bonds. The van der Waals surface area contributed by atoms with Gasteiger partial charge >= 0.3 is 14.0 Å². The second kappa shape index (κ2) is 14.3. The number of phosphoric acid groups is 1. The molecule has 1 atom stereocenters. The highest BCUT2D eigenvalue weighted by molar-refractivity contribution is 7.48. The number of phosphoric ester groups is 1. The maximum Gasteiger partial charge on any atom is 0.475 e. The van der Waals surface area contributed by atoms with Crippen molar-refractivity contribution >= 4 is 36.9 Å². The van der Waals surface area contributed by atoms with Gasteiger partial charge in [-0.1, -0.05) is 35.3 Å². The van der Waals surface area contributed by atoms with Gasteiger partial charge in [0.15, 0.2) is 5.90 Å². The monoisotopic (exact) mass is 681 g/mol. The van der Waals surface area contributed by atoms with Crippen LogP contribution >= 0.6 is 31.0 Å². The highest BCUT2D eigenvalue weighted by Gasteiger charge is 2.43. The Hall–Kier alpha value is -1.81. The predicted molar refractivity (Wildman–Crippen MR) is 167 cm³/mol. The second-order valence-electron chi connectivity index (χ2n) is 12.8. The highest BCUT2D eigenvalue weighted by Crippen LogP contribution is 2.56. The molecular weight excluding hydrogens is 641 g/mol. The molecule has 1 aliphatic heterocycles. The van der Waals surface area contributed by atoms with Crippen LogP contribution < -0.4 is 4.74 Å². The van der Waals surface area contributed by atoms with Crippen LogP contribution in [-0.4, -0.2) is 42.5 Å². The van der Waals surface area contributed by atoms with Crippen molar-refractivity contribution in [3.63, 3.8) is 0 Å². The second-order valence-corrected chi connectivity index (χ2v) is 15.1. The van der Waals surface area contributed by atoms with Crippen LogP contribution in [0.5, 0.6) is 5.75 Å². The zero-order valence-corrected chi connectivity index (χ0v) is 28.6. The molecule has 3 rings (SSSR count). The van der Waals surface area contributed by atoms with Crippen molar-refractivity contribution in [2.75, 3.05) is 19.8 Å². The standard InChI is InChI=1S/C31H41Cl2F3NO6P/c1-21-37-30(19-40-21,20-41-44(38,42-28(2,3)4)43-29(5,6)7)15-14-23-11-13-27(24(17-23)31(34,35)36)39-16-8-9-22-10-12-25(32)26(33)18-22/h10-13,17-18H,8-9,14-16,19-20H2,1-7H3. The molecule has 1 heterocycles. The van der Waals surface area contributed by atoms with Gasteiger partial charge in [-0.3, -0.25) is 13.6 Å². The lowest BCUT2D eigenvalue weighted by atomic mass is 9.93. The van der Waals surface area contributed by atoms with E-state index in [1.54, 1.807) is 66.7 Å². The van der Waals surface area contributed by atoms with Crippen molar-refractivity contribution in [2.45, 2.75) is 97.1 Å². The number of halogens is 5. The summed E-state index contributed by atoms with van der Waals surface area (Å²) < 4.78 is 84.1. The first-order valence-corrected chi connectivity index (χ1v) is 16.5. The van der Waals surface area contributed by atoms with Crippen LogP contribution in [0.2, 0.25) is 10.0 Å². The predicted octanol–water partition coefficient (Wildman–Crippen LogP) is 9.90. The quantitative estimate of drug-likeness (QED) is 0.155. The molecule has 246 valence electrons. The molecule has 0 aromatic heterocycles. The van der Waals surface area contributed by atoms with Crippen LogP contribution in [0, 0.1) is 0 Å². The van der Waals surface area contributed by atoms with Gasteiger partial charge in [-0.25, -0.2) is 9.56 Å². The summed E-state index contributed by atoms with van der Waals surface area (Å²) in [5.74, 6) is 0.156. The summed E-state index contributed by atoms with van der Waals surface area (Å²) in [7, 11) is -4.05. The average Bonchev–Trinajstić information content (AvgIpc) is 3.25. The molecule has 7 nitrogen and oxygen atoms in total. The van der Waals surface area contributed by atoms with E-state index in [1.165, 1.54) is 6.07 Å². The molecule has 13 heteroatoms. The fourth-order valence-electron chi connectivity index (χ4n) is 4.46. The summed E-state index contributed by atoms with van der Waals surface area (Å²) >= 11 is 12.0. The Morgan fingerprint density at radius 3 is 2.09 bits per heavy atom. The number of hydrogen-bond acceptors (Lipinski definition) is 7. The Balaban J connectivity index is 1.71. The molecule has 0 aliphatic carbocycles. The number of nitrogens with zero attached hydrogens (tertiary/aromatic N) is 1. The first-order chi connectivity index (χ1) is 20.2. The number of alkyl halides is 3. The number of ether oxygens (including phenoxy) is 2. The smallest absolute Gasteiger partial charge is 0.475 e. The fourth-order valence-corrected chi connectivity index (χ4v) is 6.67. The van der Waals surface area contributed by atoms with Crippen LogP contribution in [0.25, 0.3) is 0 Å². The van der Waals surface area contributed by atoms with Crippen molar-refractivity contribution in [1.82, 2.24) is 0 Å². The van der Waals surface area contributed by atoms with Crippen LogP contribution in [0.4, 0.5) is 13.2 Å². The summed E-state index contributed by atoms with van der Waals surface area (Å²) in [6, 6.07) is 9.25. The van der Waals surface area contributed by atoms with Crippen molar-refractivity contribution in [1.29, 1.82) is 0 Å². The lowest BCUT2D eigenvalue weighted by Crippen LogP contribution is -2.36. The highest BCUT2D eigenvalue weighted by atomic mass is 35.5. The Kier molecular flexibility index (Phi) is 11.9. The SMILES string of the molecule is CC1=NC(CCc2ccc(OCCCc3ccc(Cl)c(Cl)c3)c(C(F)(F)F)c2)(COP(=O)(OC(C)(C)C)OC(C)(C)C)CO1. The zero-order chi connectivity index (χ0) is 33.0. The van der Waals surface area contributed by atoms with Crippen molar-refractivity contribution in [3.8, 4) is 5.75 Å². The van der Waals surface area contributed by atoms with E-state index < -0.39 is 36.3 Å². The van der Waals surface area contributed by atoms with Crippen molar-refractivity contribution < 1.29 is 40.8 Å². The fraction of sp³-hybridized carbons (Fsp3) is 0.581. The summed E-state index contributed by atoms with van der Waals surface area (Å²) in [4.78, 5) is 4.58. The van der Waals surface area contributed by atoms with E-state index in [4.69, 9.17) is 46.2 Å². The first kappa shape index (κ1) is 36.7.